The van der Waals surface area contributed by atoms with Crippen LogP contribution in [0.5, 0.6) is 0 Å². The standard InChI is InChI=1S/C14H8FN/c15-14-9-8-11(5-3-4-10-16)12-6-1-2-7-13(12)14/h1-2,6-9H,4H2. The summed E-state index contributed by atoms with van der Waals surface area (Å²) in [5, 5.41) is 9.74. The molecule has 1 nitrogen and oxygen atoms in total. The molecule has 0 saturated heterocycles. The molecule has 2 aromatic carbocycles. The summed E-state index contributed by atoms with van der Waals surface area (Å²) in [7, 11) is 0. The maximum atomic E-state index is 13.5. The smallest absolute Gasteiger partial charge is 0.131 e. The second-order valence-electron chi connectivity index (χ2n) is 3.28. The van der Waals surface area contributed by atoms with Crippen LogP contribution in [0.25, 0.3) is 10.8 Å². The third-order valence-electron chi connectivity index (χ3n) is 2.26. The minimum Gasteiger partial charge on any atom is -0.206 e. The summed E-state index contributed by atoms with van der Waals surface area (Å²) in [6.45, 7) is 0. The second kappa shape index (κ2) is 4.47. The van der Waals surface area contributed by atoms with Gasteiger partial charge in [0.15, 0.2) is 0 Å². The molecule has 0 amide bonds. The summed E-state index contributed by atoms with van der Waals surface area (Å²) in [6.07, 6.45) is 0.186. The van der Waals surface area contributed by atoms with Crippen molar-refractivity contribution in [2.24, 2.45) is 0 Å². The first-order valence-corrected chi connectivity index (χ1v) is 4.86. The molecular weight excluding hydrogens is 201 g/mol. The summed E-state index contributed by atoms with van der Waals surface area (Å²) < 4.78 is 13.5. The highest BCUT2D eigenvalue weighted by Crippen LogP contribution is 2.20. The normalized spacial score (nSPS) is 9.25. The Hall–Kier alpha value is -2.32. The Labute approximate surface area is 93.1 Å². The Kier molecular flexibility index (Phi) is 2.85. The van der Waals surface area contributed by atoms with Gasteiger partial charge in [0.05, 0.1) is 12.5 Å². The van der Waals surface area contributed by atoms with E-state index in [2.05, 4.69) is 11.8 Å². The first-order valence-electron chi connectivity index (χ1n) is 4.86. The molecule has 0 unspecified atom stereocenters. The van der Waals surface area contributed by atoms with Crippen molar-refractivity contribution in [1.82, 2.24) is 0 Å². The zero-order valence-electron chi connectivity index (χ0n) is 8.50. The number of halogens is 1. The van der Waals surface area contributed by atoms with Crippen LogP contribution in [-0.4, -0.2) is 0 Å². The SMILES string of the molecule is N#CCC#Cc1ccc(F)c2ccccc12. The van der Waals surface area contributed by atoms with Crippen molar-refractivity contribution < 1.29 is 4.39 Å². The summed E-state index contributed by atoms with van der Waals surface area (Å²) in [6, 6.07) is 12.2. The zero-order chi connectivity index (χ0) is 11.4. The van der Waals surface area contributed by atoms with Crippen LogP contribution < -0.4 is 0 Å². The Morgan fingerprint density at radius 3 is 2.56 bits per heavy atom. The molecule has 0 bridgehead atoms. The van der Waals surface area contributed by atoms with E-state index in [9.17, 15) is 4.39 Å². The number of nitrogens with zero attached hydrogens (tertiary/aromatic N) is 1. The molecule has 2 heteroatoms. The van der Waals surface area contributed by atoms with Gasteiger partial charge in [0, 0.05) is 16.3 Å². The van der Waals surface area contributed by atoms with Crippen LogP contribution in [-0.2, 0) is 0 Å². The topological polar surface area (TPSA) is 23.8 Å². The van der Waals surface area contributed by atoms with Crippen molar-refractivity contribution in [1.29, 1.82) is 5.26 Å². The van der Waals surface area contributed by atoms with Gasteiger partial charge >= 0.3 is 0 Å². The number of benzene rings is 2. The fraction of sp³-hybridized carbons (Fsp3) is 0.0714. The lowest BCUT2D eigenvalue weighted by Crippen LogP contribution is -1.83. The van der Waals surface area contributed by atoms with Crippen LogP contribution in [0.2, 0.25) is 0 Å². The van der Waals surface area contributed by atoms with Crippen LogP contribution in [0.1, 0.15) is 12.0 Å². The minimum atomic E-state index is -0.249. The Balaban J connectivity index is 2.61. The number of nitriles is 1. The molecule has 16 heavy (non-hydrogen) atoms. The molecule has 0 aliphatic rings. The summed E-state index contributed by atoms with van der Waals surface area (Å²) in [4.78, 5) is 0. The highest BCUT2D eigenvalue weighted by Gasteiger charge is 2.02. The first-order chi connectivity index (χ1) is 7.83. The lowest BCUT2D eigenvalue weighted by Gasteiger charge is -2.01. The van der Waals surface area contributed by atoms with Gasteiger partial charge in [0.1, 0.15) is 5.82 Å². The van der Waals surface area contributed by atoms with Crippen molar-refractivity contribution in [2.75, 3.05) is 0 Å². The van der Waals surface area contributed by atoms with Gasteiger partial charge in [-0.15, -0.1) is 0 Å². The molecule has 0 aliphatic carbocycles. The molecule has 0 aromatic heterocycles. The van der Waals surface area contributed by atoms with E-state index < -0.39 is 0 Å². The Morgan fingerprint density at radius 2 is 1.81 bits per heavy atom. The molecule has 0 radical (unpaired) electrons. The summed E-state index contributed by atoms with van der Waals surface area (Å²) in [5.74, 6) is 5.36. The van der Waals surface area contributed by atoms with E-state index in [1.165, 1.54) is 6.07 Å². The fourth-order valence-corrected chi connectivity index (χ4v) is 1.55. The predicted octanol–water partition coefficient (Wildman–Crippen LogP) is 3.24. The van der Waals surface area contributed by atoms with Crippen molar-refractivity contribution in [2.45, 2.75) is 6.42 Å². The predicted molar refractivity (Wildman–Crippen MR) is 61.0 cm³/mol. The van der Waals surface area contributed by atoms with Crippen LogP contribution in [0.15, 0.2) is 36.4 Å². The van der Waals surface area contributed by atoms with E-state index in [0.717, 1.165) is 10.9 Å². The molecule has 0 atom stereocenters. The number of rotatable bonds is 0. The van der Waals surface area contributed by atoms with Crippen LogP contribution in [0.3, 0.4) is 0 Å². The highest BCUT2D eigenvalue weighted by molar-refractivity contribution is 5.88. The number of fused-ring (bicyclic) bond motifs is 1. The van der Waals surface area contributed by atoms with E-state index >= 15 is 0 Å². The van der Waals surface area contributed by atoms with Crippen molar-refractivity contribution in [3.63, 3.8) is 0 Å². The van der Waals surface area contributed by atoms with Crippen molar-refractivity contribution >= 4 is 10.8 Å². The van der Waals surface area contributed by atoms with Gasteiger partial charge in [-0.05, 0) is 12.1 Å². The van der Waals surface area contributed by atoms with Crippen LogP contribution >= 0.6 is 0 Å². The third-order valence-corrected chi connectivity index (χ3v) is 2.26. The van der Waals surface area contributed by atoms with Gasteiger partial charge < -0.3 is 0 Å². The maximum absolute atomic E-state index is 13.5. The molecule has 0 spiro atoms. The molecular formula is C14H8FN. The molecule has 76 valence electrons. The van der Waals surface area contributed by atoms with Crippen molar-refractivity contribution in [3.05, 3.63) is 47.8 Å². The second-order valence-corrected chi connectivity index (χ2v) is 3.28. The quantitative estimate of drug-likeness (QED) is 0.611. The van der Waals surface area contributed by atoms with E-state index in [1.54, 1.807) is 18.2 Å². The Morgan fingerprint density at radius 1 is 1.06 bits per heavy atom. The molecule has 0 saturated carbocycles. The fourth-order valence-electron chi connectivity index (χ4n) is 1.55. The lowest BCUT2D eigenvalue weighted by molar-refractivity contribution is 0.640. The van der Waals surface area contributed by atoms with Crippen LogP contribution in [0, 0.1) is 29.0 Å². The van der Waals surface area contributed by atoms with E-state index in [1.807, 2.05) is 18.2 Å². The third kappa shape index (κ3) is 1.87. The highest BCUT2D eigenvalue weighted by atomic mass is 19.1. The van der Waals surface area contributed by atoms with Gasteiger partial charge in [-0.2, -0.15) is 5.26 Å². The van der Waals surface area contributed by atoms with Gasteiger partial charge in [-0.25, -0.2) is 4.39 Å². The first kappa shape index (κ1) is 10.2. The van der Waals surface area contributed by atoms with Gasteiger partial charge in [0.25, 0.3) is 0 Å². The molecule has 2 aromatic rings. The molecule has 2 rings (SSSR count). The summed E-state index contributed by atoms with van der Waals surface area (Å²) in [5.41, 5.74) is 0.757. The molecule has 0 fully saturated rings. The Bertz CT molecular complexity index is 626. The largest absolute Gasteiger partial charge is 0.206 e. The minimum absolute atomic E-state index is 0.186. The van der Waals surface area contributed by atoms with Crippen molar-refractivity contribution in [3.8, 4) is 17.9 Å². The number of hydrogen-bond donors (Lipinski definition) is 0. The van der Waals surface area contributed by atoms with Gasteiger partial charge in [-0.3, -0.25) is 0 Å². The maximum Gasteiger partial charge on any atom is 0.131 e. The summed E-state index contributed by atoms with van der Waals surface area (Å²) >= 11 is 0. The van der Waals surface area contributed by atoms with Crippen LogP contribution in [0.4, 0.5) is 4.39 Å². The van der Waals surface area contributed by atoms with E-state index in [4.69, 9.17) is 5.26 Å². The monoisotopic (exact) mass is 209 g/mol. The molecule has 0 N–H and O–H groups in total. The van der Waals surface area contributed by atoms with E-state index in [0.29, 0.717) is 5.39 Å². The lowest BCUT2D eigenvalue weighted by atomic mass is 10.0. The van der Waals surface area contributed by atoms with Gasteiger partial charge in [0.2, 0.25) is 0 Å². The molecule has 0 heterocycles. The zero-order valence-corrected chi connectivity index (χ0v) is 8.50. The van der Waals surface area contributed by atoms with E-state index in [-0.39, 0.29) is 12.2 Å². The average Bonchev–Trinajstić information content (AvgIpc) is 2.33. The van der Waals surface area contributed by atoms with Gasteiger partial charge in [-0.1, -0.05) is 36.1 Å². The average molecular weight is 209 g/mol. The molecule has 0 aliphatic heterocycles. The number of hydrogen-bond acceptors (Lipinski definition) is 1.